The molecule has 1 amide bonds. The number of ether oxygens (including phenoxy) is 1. The minimum Gasteiger partial charge on any atom is -0.487 e. The maximum Gasteiger partial charge on any atom is 0.228 e. The van der Waals surface area contributed by atoms with Gasteiger partial charge in [-0.15, -0.1) is 0 Å². The number of carbonyl (C=O) groups excluding carboxylic acids is 2. The zero-order valence-corrected chi connectivity index (χ0v) is 13.5. The topological polar surface area (TPSA) is 55.4 Å². The molecule has 1 fully saturated rings. The standard InChI is InChI=1S/C17H13Cl2NO3/c18-12-4-5-15(13(19)7-12)23-9-10-2-1-3-11(6-10)17-14(21)8-16(22)20-17/h1-7,17H,8-9H2,(H,20,22). The van der Waals surface area contributed by atoms with Crippen LogP contribution in [0.2, 0.25) is 10.0 Å². The van der Waals surface area contributed by atoms with Gasteiger partial charge in [0.05, 0.1) is 11.4 Å². The molecule has 23 heavy (non-hydrogen) atoms. The average Bonchev–Trinajstić information content (AvgIpc) is 2.85. The van der Waals surface area contributed by atoms with E-state index >= 15 is 0 Å². The fraction of sp³-hybridized carbons (Fsp3) is 0.176. The van der Waals surface area contributed by atoms with E-state index in [1.165, 1.54) is 0 Å². The van der Waals surface area contributed by atoms with Crippen LogP contribution in [0.25, 0.3) is 0 Å². The first-order chi connectivity index (χ1) is 11.0. The van der Waals surface area contributed by atoms with Crippen molar-refractivity contribution in [1.82, 2.24) is 5.32 Å². The predicted octanol–water partition coefficient (Wildman–Crippen LogP) is 3.70. The first kappa shape index (κ1) is 15.8. The monoisotopic (exact) mass is 349 g/mol. The SMILES string of the molecule is O=C1CC(=O)C(c2cccc(COc3ccc(Cl)cc3Cl)c2)N1. The van der Waals surface area contributed by atoms with Gasteiger partial charge in [-0.3, -0.25) is 9.59 Å². The molecular weight excluding hydrogens is 337 g/mol. The van der Waals surface area contributed by atoms with Crippen LogP contribution in [-0.2, 0) is 16.2 Å². The van der Waals surface area contributed by atoms with Crippen LogP contribution in [0.3, 0.4) is 0 Å². The molecule has 0 aliphatic carbocycles. The van der Waals surface area contributed by atoms with Crippen LogP contribution in [0.5, 0.6) is 5.75 Å². The van der Waals surface area contributed by atoms with E-state index in [2.05, 4.69) is 5.32 Å². The second kappa shape index (κ2) is 6.60. The number of halogens is 2. The minimum absolute atomic E-state index is 0.0637. The summed E-state index contributed by atoms with van der Waals surface area (Å²) in [5, 5.41) is 3.65. The Kier molecular flexibility index (Phi) is 4.55. The van der Waals surface area contributed by atoms with Crippen LogP contribution in [-0.4, -0.2) is 11.7 Å². The Bertz CT molecular complexity index is 776. The van der Waals surface area contributed by atoms with Gasteiger partial charge in [0.2, 0.25) is 5.91 Å². The minimum atomic E-state index is -0.568. The van der Waals surface area contributed by atoms with Gasteiger partial charge in [0.15, 0.2) is 5.78 Å². The number of Topliss-reactive ketones (excluding diaryl/α,β-unsaturated/α-hetero) is 1. The van der Waals surface area contributed by atoms with Gasteiger partial charge in [-0.2, -0.15) is 0 Å². The number of hydrogen-bond donors (Lipinski definition) is 1. The summed E-state index contributed by atoms with van der Waals surface area (Å²) in [5.41, 5.74) is 1.63. The molecule has 2 aromatic carbocycles. The molecule has 1 unspecified atom stereocenters. The molecule has 3 rings (SSSR count). The van der Waals surface area contributed by atoms with Crippen molar-refractivity contribution in [3.8, 4) is 5.75 Å². The molecule has 2 aromatic rings. The molecule has 1 atom stereocenters. The highest BCUT2D eigenvalue weighted by atomic mass is 35.5. The van der Waals surface area contributed by atoms with Crippen LogP contribution in [0, 0.1) is 0 Å². The third-order valence-electron chi connectivity index (χ3n) is 3.53. The number of carbonyl (C=O) groups is 2. The van der Waals surface area contributed by atoms with Gasteiger partial charge in [0.1, 0.15) is 18.4 Å². The van der Waals surface area contributed by atoms with Crippen LogP contribution in [0.1, 0.15) is 23.6 Å². The van der Waals surface area contributed by atoms with Crippen LogP contribution in [0.4, 0.5) is 0 Å². The quantitative estimate of drug-likeness (QED) is 0.856. The van der Waals surface area contributed by atoms with Crippen LogP contribution in [0.15, 0.2) is 42.5 Å². The molecule has 0 saturated carbocycles. The highest BCUT2D eigenvalue weighted by Crippen LogP contribution is 2.28. The van der Waals surface area contributed by atoms with Gasteiger partial charge in [-0.25, -0.2) is 0 Å². The summed E-state index contributed by atoms with van der Waals surface area (Å²) in [7, 11) is 0. The lowest BCUT2D eigenvalue weighted by atomic mass is 10.0. The molecule has 1 aliphatic heterocycles. The first-order valence-corrected chi connectivity index (χ1v) is 7.77. The Morgan fingerprint density at radius 2 is 1.96 bits per heavy atom. The molecule has 1 N–H and O–H groups in total. The smallest absolute Gasteiger partial charge is 0.228 e. The fourth-order valence-electron chi connectivity index (χ4n) is 2.44. The molecule has 0 spiro atoms. The summed E-state index contributed by atoms with van der Waals surface area (Å²) in [4.78, 5) is 23.1. The van der Waals surface area contributed by atoms with Crippen molar-refractivity contribution >= 4 is 34.9 Å². The maximum atomic E-state index is 11.8. The molecular formula is C17H13Cl2NO3. The van der Waals surface area contributed by atoms with E-state index in [1.807, 2.05) is 24.3 Å². The highest BCUT2D eigenvalue weighted by Gasteiger charge is 2.31. The van der Waals surface area contributed by atoms with E-state index in [-0.39, 0.29) is 18.1 Å². The van der Waals surface area contributed by atoms with E-state index in [0.717, 1.165) is 11.1 Å². The first-order valence-electron chi connectivity index (χ1n) is 7.02. The normalized spacial score (nSPS) is 17.2. The van der Waals surface area contributed by atoms with Crippen molar-refractivity contribution in [2.75, 3.05) is 0 Å². The highest BCUT2D eigenvalue weighted by molar-refractivity contribution is 6.35. The number of benzene rings is 2. The lowest BCUT2D eigenvalue weighted by molar-refractivity contribution is -0.122. The molecule has 0 radical (unpaired) electrons. The lowest BCUT2D eigenvalue weighted by Gasteiger charge is -2.12. The molecule has 6 heteroatoms. The predicted molar refractivity (Wildman–Crippen MR) is 87.7 cm³/mol. The third kappa shape index (κ3) is 3.66. The maximum absolute atomic E-state index is 11.8. The zero-order valence-electron chi connectivity index (χ0n) is 12.0. The summed E-state index contributed by atoms with van der Waals surface area (Å²) < 4.78 is 5.68. The summed E-state index contributed by atoms with van der Waals surface area (Å²) in [6.45, 7) is 0.296. The number of ketones is 1. The summed E-state index contributed by atoms with van der Waals surface area (Å²) in [6.07, 6.45) is -0.0637. The molecule has 118 valence electrons. The van der Waals surface area contributed by atoms with Crippen molar-refractivity contribution in [2.24, 2.45) is 0 Å². The van der Waals surface area contributed by atoms with E-state index < -0.39 is 6.04 Å². The largest absolute Gasteiger partial charge is 0.487 e. The van der Waals surface area contributed by atoms with Gasteiger partial charge in [-0.05, 0) is 35.4 Å². The van der Waals surface area contributed by atoms with E-state index in [4.69, 9.17) is 27.9 Å². The van der Waals surface area contributed by atoms with Crippen molar-refractivity contribution < 1.29 is 14.3 Å². The molecule has 1 aliphatic rings. The summed E-state index contributed by atoms with van der Waals surface area (Å²) >= 11 is 11.9. The van der Waals surface area contributed by atoms with E-state index in [9.17, 15) is 9.59 Å². The number of amides is 1. The molecule has 0 bridgehead atoms. The van der Waals surface area contributed by atoms with Crippen molar-refractivity contribution in [3.63, 3.8) is 0 Å². The van der Waals surface area contributed by atoms with Gasteiger partial charge in [-0.1, -0.05) is 41.4 Å². The number of nitrogens with one attached hydrogen (secondary N) is 1. The average molecular weight is 350 g/mol. The van der Waals surface area contributed by atoms with Crippen molar-refractivity contribution in [3.05, 3.63) is 63.6 Å². The third-order valence-corrected chi connectivity index (χ3v) is 4.07. The molecule has 1 heterocycles. The Hall–Kier alpha value is -2.04. The van der Waals surface area contributed by atoms with Crippen LogP contribution < -0.4 is 10.1 Å². The zero-order chi connectivity index (χ0) is 16.4. The molecule has 0 aromatic heterocycles. The second-order valence-corrected chi connectivity index (χ2v) is 6.10. The van der Waals surface area contributed by atoms with Gasteiger partial charge >= 0.3 is 0 Å². The molecule has 1 saturated heterocycles. The van der Waals surface area contributed by atoms with Gasteiger partial charge in [0, 0.05) is 5.02 Å². The summed E-state index contributed by atoms with van der Waals surface area (Å²) in [5.74, 6) is 0.176. The van der Waals surface area contributed by atoms with Crippen molar-refractivity contribution in [1.29, 1.82) is 0 Å². The lowest BCUT2D eigenvalue weighted by Crippen LogP contribution is -2.20. The van der Waals surface area contributed by atoms with Crippen molar-refractivity contribution in [2.45, 2.75) is 19.1 Å². The Balaban J connectivity index is 1.73. The van der Waals surface area contributed by atoms with Gasteiger partial charge < -0.3 is 10.1 Å². The Morgan fingerprint density at radius 1 is 1.13 bits per heavy atom. The second-order valence-electron chi connectivity index (χ2n) is 5.25. The van der Waals surface area contributed by atoms with Crippen LogP contribution >= 0.6 is 23.2 Å². The number of hydrogen-bond acceptors (Lipinski definition) is 3. The Morgan fingerprint density at radius 3 is 2.65 bits per heavy atom. The van der Waals surface area contributed by atoms with Gasteiger partial charge in [0.25, 0.3) is 0 Å². The molecule has 4 nitrogen and oxygen atoms in total. The number of rotatable bonds is 4. The summed E-state index contributed by atoms with van der Waals surface area (Å²) in [6, 6.07) is 11.8. The fourth-order valence-corrected chi connectivity index (χ4v) is 2.90. The van der Waals surface area contributed by atoms with E-state index in [0.29, 0.717) is 22.4 Å². The van der Waals surface area contributed by atoms with E-state index in [1.54, 1.807) is 18.2 Å². The Labute approximate surface area is 143 Å².